The fourth-order valence-corrected chi connectivity index (χ4v) is 3.32. The van der Waals surface area contributed by atoms with Crippen LogP contribution < -0.4 is 0 Å². The zero-order valence-corrected chi connectivity index (χ0v) is 10.9. The van der Waals surface area contributed by atoms with Gasteiger partial charge in [-0.05, 0) is 30.2 Å². The molecule has 1 fully saturated rings. The first-order valence-corrected chi connectivity index (χ1v) is 7.15. The molecule has 84 valence electrons. The lowest BCUT2D eigenvalue weighted by Crippen LogP contribution is -2.21. The third-order valence-corrected chi connectivity index (χ3v) is 4.75. The van der Waals surface area contributed by atoms with Crippen molar-refractivity contribution in [2.75, 3.05) is 0 Å². The Morgan fingerprint density at radius 1 is 1.12 bits per heavy atom. The average Bonchev–Trinajstić information content (AvgIpc) is 2.33. The minimum absolute atomic E-state index is 0.531. The third-order valence-electron chi connectivity index (χ3n) is 2.85. The van der Waals surface area contributed by atoms with Crippen LogP contribution in [0.3, 0.4) is 0 Å². The minimum atomic E-state index is 0.531. The van der Waals surface area contributed by atoms with Crippen molar-refractivity contribution in [1.82, 2.24) is 0 Å². The Kier molecular flexibility index (Phi) is 4.69. The Labute approximate surface area is 108 Å². The van der Waals surface area contributed by atoms with Crippen LogP contribution in [-0.2, 0) is 0 Å². The van der Waals surface area contributed by atoms with E-state index in [2.05, 4.69) is 23.8 Å². The molecule has 0 bridgehead atoms. The van der Waals surface area contributed by atoms with Gasteiger partial charge in [-0.25, -0.2) is 0 Å². The second-order valence-electron chi connectivity index (χ2n) is 4.10. The van der Waals surface area contributed by atoms with Crippen molar-refractivity contribution < 1.29 is 0 Å². The monoisotopic (exact) mass is 248 g/mol. The highest BCUT2D eigenvalue weighted by Crippen LogP contribution is 2.31. The summed E-state index contributed by atoms with van der Waals surface area (Å²) in [6, 6.07) is 10.2. The molecule has 1 saturated carbocycles. The molecule has 0 aliphatic heterocycles. The number of hydrogen-bond acceptors (Lipinski definition) is 2. The second-order valence-corrected chi connectivity index (χ2v) is 5.81. The van der Waals surface area contributed by atoms with Crippen molar-refractivity contribution in [3.05, 3.63) is 35.9 Å². The van der Waals surface area contributed by atoms with Gasteiger partial charge in [-0.1, -0.05) is 48.7 Å². The number of rotatable bonds is 1. The summed E-state index contributed by atoms with van der Waals surface area (Å²) in [6.07, 6.45) is 5.18. The van der Waals surface area contributed by atoms with Crippen LogP contribution in [0.1, 0.15) is 31.2 Å². The van der Waals surface area contributed by atoms with Crippen LogP contribution >= 0.6 is 24.4 Å². The van der Waals surface area contributed by atoms with E-state index in [1.807, 2.05) is 30.3 Å². The summed E-state index contributed by atoms with van der Waals surface area (Å²) in [7, 11) is 0. The molecule has 2 unspecified atom stereocenters. The average molecular weight is 248 g/mol. The van der Waals surface area contributed by atoms with Gasteiger partial charge in [-0.15, -0.1) is 0 Å². The van der Waals surface area contributed by atoms with Crippen LogP contribution in [-0.4, -0.2) is 10.5 Å². The molecule has 2 rings (SSSR count). The van der Waals surface area contributed by atoms with Crippen LogP contribution in [0.15, 0.2) is 30.3 Å². The van der Waals surface area contributed by atoms with Gasteiger partial charge in [0.15, 0.2) is 0 Å². The van der Waals surface area contributed by atoms with Crippen LogP contribution in [0.4, 0.5) is 0 Å². The van der Waals surface area contributed by atoms with Crippen molar-refractivity contribution in [1.29, 1.82) is 0 Å². The molecule has 16 heavy (non-hydrogen) atoms. The topological polar surface area (TPSA) is 0 Å². The molecular formula is C14H16S2. The smallest absolute Gasteiger partial charge is 0.0287 e. The lowest BCUT2D eigenvalue weighted by atomic mass is 10.00. The third kappa shape index (κ3) is 3.50. The van der Waals surface area contributed by atoms with Gasteiger partial charge < -0.3 is 0 Å². The van der Waals surface area contributed by atoms with Gasteiger partial charge in [-0.2, -0.15) is 12.6 Å². The molecule has 0 nitrogen and oxygen atoms in total. The molecule has 0 radical (unpaired) electrons. The highest BCUT2D eigenvalue weighted by atomic mass is 32.2. The van der Waals surface area contributed by atoms with Gasteiger partial charge in [0, 0.05) is 16.1 Å². The van der Waals surface area contributed by atoms with Crippen molar-refractivity contribution in [3.8, 4) is 11.2 Å². The van der Waals surface area contributed by atoms with Gasteiger partial charge in [0.2, 0.25) is 0 Å². The Balaban J connectivity index is 1.89. The van der Waals surface area contributed by atoms with Crippen LogP contribution in [0.5, 0.6) is 0 Å². The molecule has 2 atom stereocenters. The first kappa shape index (κ1) is 12.0. The summed E-state index contributed by atoms with van der Waals surface area (Å²) in [6.45, 7) is 0. The minimum Gasteiger partial charge on any atom is -0.175 e. The van der Waals surface area contributed by atoms with E-state index < -0.39 is 0 Å². The molecule has 0 heterocycles. The molecule has 0 aromatic heterocycles. The van der Waals surface area contributed by atoms with Crippen molar-refractivity contribution in [3.63, 3.8) is 0 Å². The van der Waals surface area contributed by atoms with E-state index in [-0.39, 0.29) is 0 Å². The molecule has 1 aromatic rings. The standard InChI is InChI=1S/C14H16S2/c15-13-8-4-5-9-14(13)16-11-10-12-6-2-1-3-7-12/h1-3,6-7,13-15H,4-5,8-9H2. The molecule has 0 saturated heterocycles. The first-order valence-electron chi connectivity index (χ1n) is 5.76. The first-order chi connectivity index (χ1) is 7.86. The van der Waals surface area contributed by atoms with Gasteiger partial charge >= 0.3 is 0 Å². The fraction of sp³-hybridized carbons (Fsp3) is 0.429. The number of thiol groups is 1. The summed E-state index contributed by atoms with van der Waals surface area (Å²) >= 11 is 6.39. The number of thioether (sulfide) groups is 1. The lowest BCUT2D eigenvalue weighted by Gasteiger charge is -2.25. The number of benzene rings is 1. The van der Waals surface area contributed by atoms with E-state index in [0.29, 0.717) is 10.5 Å². The van der Waals surface area contributed by atoms with Crippen LogP contribution in [0.2, 0.25) is 0 Å². The van der Waals surface area contributed by atoms with Crippen molar-refractivity contribution >= 4 is 24.4 Å². The molecule has 0 amide bonds. The Morgan fingerprint density at radius 3 is 2.62 bits per heavy atom. The van der Waals surface area contributed by atoms with Crippen LogP contribution in [0, 0.1) is 11.2 Å². The predicted octanol–water partition coefficient (Wildman–Crippen LogP) is 3.97. The highest BCUT2D eigenvalue weighted by Gasteiger charge is 2.21. The van der Waals surface area contributed by atoms with E-state index >= 15 is 0 Å². The lowest BCUT2D eigenvalue weighted by molar-refractivity contribution is 0.531. The molecule has 0 N–H and O–H groups in total. The zero-order valence-electron chi connectivity index (χ0n) is 9.23. The summed E-state index contributed by atoms with van der Waals surface area (Å²) < 4.78 is 0. The predicted molar refractivity (Wildman–Crippen MR) is 75.9 cm³/mol. The van der Waals surface area contributed by atoms with Gasteiger partial charge in [0.1, 0.15) is 0 Å². The summed E-state index contributed by atoms with van der Waals surface area (Å²) in [5.41, 5.74) is 1.10. The SMILES string of the molecule is SC1CCCCC1SC#Cc1ccccc1. The Hall–Kier alpha value is -0.520. The van der Waals surface area contributed by atoms with Gasteiger partial charge in [0.25, 0.3) is 0 Å². The maximum absolute atomic E-state index is 4.63. The summed E-state index contributed by atoms with van der Waals surface area (Å²) in [5.74, 6) is 3.19. The van der Waals surface area contributed by atoms with Crippen molar-refractivity contribution in [2.45, 2.75) is 36.2 Å². The van der Waals surface area contributed by atoms with E-state index in [9.17, 15) is 0 Å². The van der Waals surface area contributed by atoms with E-state index in [4.69, 9.17) is 0 Å². The van der Waals surface area contributed by atoms with E-state index in [0.717, 1.165) is 5.56 Å². The largest absolute Gasteiger partial charge is 0.175 e. The Bertz CT molecular complexity index is 375. The maximum atomic E-state index is 4.63. The second kappa shape index (κ2) is 6.27. The quantitative estimate of drug-likeness (QED) is 0.579. The van der Waals surface area contributed by atoms with E-state index in [1.54, 1.807) is 11.8 Å². The molecule has 1 aliphatic carbocycles. The van der Waals surface area contributed by atoms with Gasteiger partial charge in [0.05, 0.1) is 0 Å². The zero-order chi connectivity index (χ0) is 11.2. The van der Waals surface area contributed by atoms with Crippen molar-refractivity contribution in [2.24, 2.45) is 0 Å². The van der Waals surface area contributed by atoms with E-state index in [1.165, 1.54) is 25.7 Å². The molecule has 1 aromatic carbocycles. The molecule has 1 aliphatic rings. The fourth-order valence-electron chi connectivity index (χ4n) is 1.90. The molecule has 0 spiro atoms. The summed E-state index contributed by atoms with van der Waals surface area (Å²) in [4.78, 5) is 0. The number of hydrogen-bond donors (Lipinski definition) is 1. The van der Waals surface area contributed by atoms with Gasteiger partial charge in [-0.3, -0.25) is 0 Å². The summed E-state index contributed by atoms with van der Waals surface area (Å²) in [5, 5.41) is 4.37. The normalized spacial score (nSPS) is 24.6. The maximum Gasteiger partial charge on any atom is 0.0287 e. The molecular weight excluding hydrogens is 232 g/mol. The molecule has 2 heteroatoms. The highest BCUT2D eigenvalue weighted by molar-refractivity contribution is 8.05. The Morgan fingerprint density at radius 2 is 1.88 bits per heavy atom. The van der Waals surface area contributed by atoms with Crippen LogP contribution in [0.25, 0.3) is 0 Å².